The van der Waals surface area contributed by atoms with Crippen molar-refractivity contribution in [3.8, 4) is 17.0 Å². The van der Waals surface area contributed by atoms with Crippen LogP contribution in [-0.2, 0) is 0 Å². The van der Waals surface area contributed by atoms with Crippen LogP contribution in [0.2, 0.25) is 0 Å². The Balaban J connectivity index is 2.37. The van der Waals surface area contributed by atoms with Gasteiger partial charge in [-0.3, -0.25) is 0 Å². The molecule has 0 aliphatic heterocycles. The van der Waals surface area contributed by atoms with Gasteiger partial charge in [-0.2, -0.15) is 4.73 Å². The molecule has 1 heterocycles. The first-order chi connectivity index (χ1) is 9.70. The fourth-order valence-corrected chi connectivity index (χ4v) is 2.87. The van der Waals surface area contributed by atoms with E-state index in [1.165, 1.54) is 0 Å². The lowest BCUT2D eigenvalue weighted by Crippen LogP contribution is -2.28. The largest absolute Gasteiger partial charge is 0.618 e. The summed E-state index contributed by atoms with van der Waals surface area (Å²) in [4.78, 5) is 0. The summed E-state index contributed by atoms with van der Waals surface area (Å²) in [5.74, 6) is 0.744. The first kappa shape index (κ1) is 13.2. The standard InChI is InChI=1S/C16H12INO2/c1-20-12-6-7-15(17)14(10-12)16-13-5-3-2-4-11(13)8-9-18(16)19/h2-10H,1H3. The Hall–Kier alpha value is -1.82. The highest BCUT2D eigenvalue weighted by molar-refractivity contribution is 14.1. The van der Waals surface area contributed by atoms with Crippen LogP contribution in [0.4, 0.5) is 0 Å². The molecule has 1 aromatic heterocycles. The zero-order chi connectivity index (χ0) is 14.1. The van der Waals surface area contributed by atoms with Crippen molar-refractivity contribution in [3.63, 3.8) is 0 Å². The quantitative estimate of drug-likeness (QED) is 0.388. The number of aromatic nitrogens is 1. The van der Waals surface area contributed by atoms with Crippen molar-refractivity contribution in [1.82, 2.24) is 0 Å². The summed E-state index contributed by atoms with van der Waals surface area (Å²) in [6.07, 6.45) is 1.55. The SMILES string of the molecule is COc1ccc(I)c(-c2c3ccccc3cc[n+]2[O-])c1. The third-order valence-electron chi connectivity index (χ3n) is 3.25. The predicted molar refractivity (Wildman–Crippen MR) is 87.6 cm³/mol. The van der Waals surface area contributed by atoms with E-state index in [1.807, 2.05) is 48.5 Å². The number of fused-ring (bicyclic) bond motifs is 1. The van der Waals surface area contributed by atoms with Crippen LogP contribution in [0.25, 0.3) is 22.0 Å². The molecule has 20 heavy (non-hydrogen) atoms. The molecule has 0 amide bonds. The molecule has 0 bridgehead atoms. The molecule has 0 N–H and O–H groups in total. The Bertz CT molecular complexity index is 787. The second-order valence-electron chi connectivity index (χ2n) is 4.42. The molecular formula is C16H12INO2. The summed E-state index contributed by atoms with van der Waals surface area (Å²) >= 11 is 2.24. The van der Waals surface area contributed by atoms with Crippen molar-refractivity contribution in [1.29, 1.82) is 0 Å². The molecule has 100 valence electrons. The molecule has 0 spiro atoms. The van der Waals surface area contributed by atoms with Gasteiger partial charge in [-0.15, -0.1) is 0 Å². The number of halogens is 1. The zero-order valence-corrected chi connectivity index (χ0v) is 13.0. The van der Waals surface area contributed by atoms with Crippen molar-refractivity contribution in [2.75, 3.05) is 7.11 Å². The molecule has 0 aliphatic rings. The van der Waals surface area contributed by atoms with Crippen molar-refractivity contribution in [2.45, 2.75) is 0 Å². The predicted octanol–water partition coefficient (Wildman–Crippen LogP) is 3.75. The Morgan fingerprint density at radius 3 is 2.70 bits per heavy atom. The fraction of sp³-hybridized carbons (Fsp3) is 0.0625. The van der Waals surface area contributed by atoms with E-state index in [0.717, 1.165) is 30.4 Å². The monoisotopic (exact) mass is 377 g/mol. The van der Waals surface area contributed by atoms with Gasteiger partial charge in [-0.1, -0.05) is 18.2 Å². The molecule has 0 unspecified atom stereocenters. The molecule has 0 atom stereocenters. The summed E-state index contributed by atoms with van der Waals surface area (Å²) in [5, 5.41) is 14.2. The normalized spacial score (nSPS) is 10.7. The number of methoxy groups -OCH3 is 1. The van der Waals surface area contributed by atoms with Gasteiger partial charge in [0.05, 0.1) is 18.1 Å². The van der Waals surface area contributed by atoms with Crippen molar-refractivity contribution >= 4 is 33.4 Å². The van der Waals surface area contributed by atoms with Gasteiger partial charge >= 0.3 is 0 Å². The molecule has 3 nitrogen and oxygen atoms in total. The molecule has 3 aromatic rings. The first-order valence-electron chi connectivity index (χ1n) is 6.15. The maximum Gasteiger partial charge on any atom is 0.232 e. The van der Waals surface area contributed by atoms with Crippen LogP contribution < -0.4 is 9.47 Å². The van der Waals surface area contributed by atoms with Crippen LogP contribution in [0, 0.1) is 8.78 Å². The zero-order valence-electron chi connectivity index (χ0n) is 10.8. The van der Waals surface area contributed by atoms with E-state index in [4.69, 9.17) is 4.74 Å². The lowest BCUT2D eigenvalue weighted by Gasteiger charge is -2.10. The summed E-state index contributed by atoms with van der Waals surface area (Å²) in [5.41, 5.74) is 1.54. The molecule has 3 rings (SSSR count). The highest BCUT2D eigenvalue weighted by atomic mass is 127. The summed E-state index contributed by atoms with van der Waals surface area (Å²) in [6, 6.07) is 15.5. The van der Waals surface area contributed by atoms with Crippen LogP contribution in [0.3, 0.4) is 0 Å². The molecule has 2 aromatic carbocycles. The van der Waals surface area contributed by atoms with E-state index >= 15 is 0 Å². The molecule has 4 heteroatoms. The van der Waals surface area contributed by atoms with Gasteiger partial charge in [0.1, 0.15) is 5.75 Å². The second-order valence-corrected chi connectivity index (χ2v) is 5.59. The average Bonchev–Trinajstić information content (AvgIpc) is 2.48. The minimum Gasteiger partial charge on any atom is -0.618 e. The number of hydrogen-bond acceptors (Lipinski definition) is 2. The van der Waals surface area contributed by atoms with Crippen LogP contribution in [0.15, 0.2) is 54.7 Å². The second kappa shape index (κ2) is 5.28. The number of hydrogen-bond donors (Lipinski definition) is 0. The number of benzene rings is 2. The van der Waals surface area contributed by atoms with Crippen LogP contribution >= 0.6 is 22.6 Å². The first-order valence-corrected chi connectivity index (χ1v) is 7.23. The van der Waals surface area contributed by atoms with E-state index in [-0.39, 0.29) is 0 Å². The van der Waals surface area contributed by atoms with E-state index < -0.39 is 0 Å². The number of ether oxygens (including phenoxy) is 1. The number of rotatable bonds is 2. The minimum atomic E-state index is 0.659. The fourth-order valence-electron chi connectivity index (χ4n) is 2.28. The van der Waals surface area contributed by atoms with E-state index in [1.54, 1.807) is 13.3 Å². The van der Waals surface area contributed by atoms with Gasteiger partial charge in [-0.05, 0) is 52.2 Å². The Morgan fingerprint density at radius 1 is 1.10 bits per heavy atom. The molecule has 0 saturated carbocycles. The smallest absolute Gasteiger partial charge is 0.232 e. The summed E-state index contributed by atoms with van der Waals surface area (Å²) < 4.78 is 7.20. The third kappa shape index (κ3) is 2.20. The number of pyridine rings is 1. The Labute approximate surface area is 130 Å². The maximum absolute atomic E-state index is 12.3. The number of nitrogens with zero attached hydrogens (tertiary/aromatic N) is 1. The highest BCUT2D eigenvalue weighted by Crippen LogP contribution is 2.31. The molecule has 0 aliphatic carbocycles. The minimum absolute atomic E-state index is 0.659. The Morgan fingerprint density at radius 2 is 1.90 bits per heavy atom. The average molecular weight is 377 g/mol. The highest BCUT2D eigenvalue weighted by Gasteiger charge is 2.17. The lowest BCUT2D eigenvalue weighted by atomic mass is 10.0. The maximum atomic E-state index is 12.3. The van der Waals surface area contributed by atoms with Crippen LogP contribution in [0.5, 0.6) is 5.75 Å². The van der Waals surface area contributed by atoms with E-state index in [2.05, 4.69) is 22.6 Å². The summed E-state index contributed by atoms with van der Waals surface area (Å²) in [6.45, 7) is 0. The van der Waals surface area contributed by atoms with Crippen LogP contribution in [-0.4, -0.2) is 7.11 Å². The van der Waals surface area contributed by atoms with Crippen molar-refractivity contribution in [2.24, 2.45) is 0 Å². The lowest BCUT2D eigenvalue weighted by molar-refractivity contribution is -0.592. The molecule has 0 fully saturated rings. The van der Waals surface area contributed by atoms with Gasteiger partial charge < -0.3 is 9.94 Å². The van der Waals surface area contributed by atoms with Crippen molar-refractivity contribution < 1.29 is 9.47 Å². The van der Waals surface area contributed by atoms with Gasteiger partial charge in [-0.25, -0.2) is 0 Å². The third-order valence-corrected chi connectivity index (χ3v) is 4.20. The molecule has 0 radical (unpaired) electrons. The topological polar surface area (TPSA) is 36.2 Å². The summed E-state index contributed by atoms with van der Waals surface area (Å²) in [7, 11) is 1.63. The molecular weight excluding hydrogens is 365 g/mol. The van der Waals surface area contributed by atoms with Gasteiger partial charge in [0, 0.05) is 9.64 Å². The van der Waals surface area contributed by atoms with E-state index in [0.29, 0.717) is 5.69 Å². The Kier molecular flexibility index (Phi) is 3.48. The molecule has 0 saturated heterocycles. The van der Waals surface area contributed by atoms with Gasteiger partial charge in [0.15, 0.2) is 6.20 Å². The van der Waals surface area contributed by atoms with Crippen molar-refractivity contribution in [3.05, 3.63) is 63.5 Å². The van der Waals surface area contributed by atoms with Gasteiger partial charge in [0.2, 0.25) is 5.69 Å². The van der Waals surface area contributed by atoms with Crippen LogP contribution in [0.1, 0.15) is 0 Å². The van der Waals surface area contributed by atoms with Gasteiger partial charge in [0.25, 0.3) is 0 Å². The van der Waals surface area contributed by atoms with E-state index in [9.17, 15) is 5.21 Å².